The van der Waals surface area contributed by atoms with Crippen LogP contribution in [0, 0.1) is 0 Å². The van der Waals surface area contributed by atoms with Crippen LogP contribution >= 0.6 is 0 Å². The normalized spacial score (nSPS) is 19.9. The number of aldehydes is 1. The summed E-state index contributed by atoms with van der Waals surface area (Å²) < 4.78 is 15.8. The van der Waals surface area contributed by atoms with Crippen LogP contribution in [0.15, 0.2) is 12.1 Å². The minimum atomic E-state index is -1.93. The summed E-state index contributed by atoms with van der Waals surface area (Å²) >= 11 is 0. The monoisotopic (exact) mass is 351 g/mol. The molecule has 0 amide bonds. The molecule has 0 saturated carbocycles. The highest BCUT2D eigenvalue weighted by Gasteiger charge is 2.52. The van der Waals surface area contributed by atoms with Gasteiger partial charge in [0, 0.05) is 24.4 Å². The third-order valence-corrected chi connectivity index (χ3v) is 4.46. The molecule has 1 heterocycles. The van der Waals surface area contributed by atoms with E-state index in [4.69, 9.17) is 14.2 Å². The Hall–Kier alpha value is -2.77. The number of carbonyl (C=O) groups is 3. The van der Waals surface area contributed by atoms with Gasteiger partial charge in [-0.25, -0.2) is 4.79 Å². The summed E-state index contributed by atoms with van der Waals surface area (Å²) in [6, 6.07) is 3.14. The van der Waals surface area contributed by atoms with E-state index in [1.54, 1.807) is 12.1 Å². The van der Waals surface area contributed by atoms with Gasteiger partial charge in [0.05, 0.1) is 21.3 Å². The van der Waals surface area contributed by atoms with Crippen LogP contribution in [0.2, 0.25) is 0 Å². The van der Waals surface area contributed by atoms with Gasteiger partial charge in [0.1, 0.15) is 0 Å². The molecule has 1 aliphatic heterocycles. The van der Waals surface area contributed by atoms with Gasteiger partial charge in [-0.05, 0) is 19.3 Å². The second kappa shape index (κ2) is 7.42. The fraction of sp³-hybridized carbons (Fsp3) is 0.471. The third kappa shape index (κ3) is 2.99. The van der Waals surface area contributed by atoms with Gasteiger partial charge in [-0.2, -0.15) is 0 Å². The molecule has 1 aromatic carbocycles. The summed E-state index contributed by atoms with van der Waals surface area (Å²) in [6.07, 6.45) is 1.35. The van der Waals surface area contributed by atoms with Gasteiger partial charge in [0.15, 0.2) is 17.8 Å². The lowest BCUT2D eigenvalue weighted by Gasteiger charge is -2.43. The summed E-state index contributed by atoms with van der Waals surface area (Å²) in [4.78, 5) is 36.8. The average molecular weight is 351 g/mol. The fourth-order valence-corrected chi connectivity index (χ4v) is 3.23. The Labute approximate surface area is 145 Å². The van der Waals surface area contributed by atoms with Crippen LogP contribution in [0.25, 0.3) is 0 Å². The molecule has 0 unspecified atom stereocenters. The minimum Gasteiger partial charge on any atom is -0.493 e. The molecular weight excluding hydrogens is 330 g/mol. The number of rotatable bonds is 7. The first-order valence-corrected chi connectivity index (χ1v) is 7.77. The fourth-order valence-electron chi connectivity index (χ4n) is 3.23. The van der Waals surface area contributed by atoms with Gasteiger partial charge in [-0.15, -0.1) is 0 Å². The molecule has 8 heteroatoms. The third-order valence-electron chi connectivity index (χ3n) is 4.46. The lowest BCUT2D eigenvalue weighted by Crippen LogP contribution is -2.63. The Balaban J connectivity index is 2.66. The number of benzene rings is 1. The first kappa shape index (κ1) is 18.6. The number of aliphatic carboxylic acids is 1. The van der Waals surface area contributed by atoms with Crippen molar-refractivity contribution < 1.29 is 33.7 Å². The Morgan fingerprint density at radius 2 is 1.72 bits per heavy atom. The number of carboxylic acids is 1. The van der Waals surface area contributed by atoms with Crippen LogP contribution in [0.3, 0.4) is 0 Å². The van der Waals surface area contributed by atoms with Crippen LogP contribution in [0.5, 0.6) is 17.2 Å². The molecule has 25 heavy (non-hydrogen) atoms. The molecule has 136 valence electrons. The van der Waals surface area contributed by atoms with Gasteiger partial charge in [-0.1, -0.05) is 0 Å². The van der Waals surface area contributed by atoms with E-state index >= 15 is 0 Å². The molecule has 1 aliphatic rings. The van der Waals surface area contributed by atoms with Crippen molar-refractivity contribution in [2.75, 3.05) is 32.8 Å². The van der Waals surface area contributed by atoms with Crippen LogP contribution in [-0.4, -0.2) is 56.6 Å². The number of carboxylic acid groups (broad SMARTS) is 1. The first-order valence-electron chi connectivity index (χ1n) is 7.77. The Morgan fingerprint density at radius 3 is 2.16 bits per heavy atom. The van der Waals surface area contributed by atoms with Crippen molar-refractivity contribution in [1.29, 1.82) is 0 Å². The first-order chi connectivity index (χ1) is 12.0. The van der Waals surface area contributed by atoms with Crippen molar-refractivity contribution in [3.05, 3.63) is 12.1 Å². The topological polar surface area (TPSA) is 102 Å². The number of methoxy groups -OCH3 is 3. The number of carbonyl (C=O) groups excluding carboxylic acids is 2. The van der Waals surface area contributed by atoms with Crippen LogP contribution in [-0.2, 0) is 14.4 Å². The zero-order chi connectivity index (χ0) is 18.6. The molecule has 8 nitrogen and oxygen atoms in total. The van der Waals surface area contributed by atoms with E-state index < -0.39 is 17.3 Å². The van der Waals surface area contributed by atoms with Crippen molar-refractivity contribution >= 4 is 23.7 Å². The predicted molar refractivity (Wildman–Crippen MR) is 88.7 cm³/mol. The summed E-state index contributed by atoms with van der Waals surface area (Å²) in [5.41, 5.74) is -1.52. The number of ketones is 1. The maximum absolute atomic E-state index is 12.3. The van der Waals surface area contributed by atoms with Crippen LogP contribution < -0.4 is 19.1 Å². The van der Waals surface area contributed by atoms with E-state index in [1.165, 1.54) is 26.2 Å². The van der Waals surface area contributed by atoms with Gasteiger partial charge < -0.3 is 24.2 Å². The highest BCUT2D eigenvalue weighted by atomic mass is 16.5. The van der Waals surface area contributed by atoms with E-state index in [0.29, 0.717) is 42.3 Å². The largest absolute Gasteiger partial charge is 0.493 e. The number of nitrogens with zero attached hydrogens (tertiary/aromatic N) is 1. The van der Waals surface area contributed by atoms with E-state index in [2.05, 4.69) is 0 Å². The predicted octanol–water partition coefficient (Wildman–Crippen LogP) is 1.29. The quantitative estimate of drug-likeness (QED) is 0.445. The lowest BCUT2D eigenvalue weighted by molar-refractivity contribution is -0.151. The summed E-state index contributed by atoms with van der Waals surface area (Å²) in [7, 11) is 4.34. The summed E-state index contributed by atoms with van der Waals surface area (Å²) in [6.45, 7) is 0.310. The van der Waals surface area contributed by atoms with E-state index in [1.807, 2.05) is 0 Å². The van der Waals surface area contributed by atoms with Gasteiger partial charge in [-0.3, -0.25) is 9.59 Å². The number of hydrogen-bond donors (Lipinski definition) is 1. The maximum Gasteiger partial charge on any atom is 0.337 e. The van der Waals surface area contributed by atoms with Gasteiger partial charge in [0.2, 0.25) is 17.1 Å². The Kier molecular flexibility index (Phi) is 5.51. The standard InChI is InChI=1S/C17H21NO7/c1-23-12-8-11(9-13(24-2)15(12)25-3)18-7-5-4-6-17(18,16(21)22)14(20)10-19/h8-10H,4-7H2,1-3H3,(H,21,22)/t17-/m0/s1. The molecule has 1 fully saturated rings. The number of Topliss-reactive ketones (excluding diaryl/α,β-unsaturated/α-hetero) is 1. The Bertz CT molecular complexity index is 663. The zero-order valence-corrected chi connectivity index (χ0v) is 14.4. The summed E-state index contributed by atoms with van der Waals surface area (Å²) in [5.74, 6) is -1.31. The highest BCUT2D eigenvalue weighted by Crippen LogP contribution is 2.44. The molecule has 0 radical (unpaired) electrons. The molecule has 1 atom stereocenters. The molecule has 1 saturated heterocycles. The van der Waals surface area contributed by atoms with E-state index in [0.717, 1.165) is 0 Å². The summed E-state index contributed by atoms with van der Waals surface area (Å²) in [5, 5.41) is 9.77. The maximum atomic E-state index is 12.3. The zero-order valence-electron chi connectivity index (χ0n) is 14.4. The second-order valence-electron chi connectivity index (χ2n) is 5.64. The smallest absolute Gasteiger partial charge is 0.337 e. The van der Waals surface area contributed by atoms with E-state index in [9.17, 15) is 19.5 Å². The van der Waals surface area contributed by atoms with Crippen LogP contribution in [0.4, 0.5) is 5.69 Å². The van der Waals surface area contributed by atoms with Crippen molar-refractivity contribution in [1.82, 2.24) is 0 Å². The SMILES string of the molecule is COc1cc(N2CCCC[C@@]2(C(=O)O)C(=O)C=O)cc(OC)c1OC. The average Bonchev–Trinajstić information content (AvgIpc) is 2.65. The molecular formula is C17H21NO7. The van der Waals surface area contributed by atoms with Crippen LogP contribution in [0.1, 0.15) is 19.3 Å². The lowest BCUT2D eigenvalue weighted by atomic mass is 9.82. The van der Waals surface area contributed by atoms with Gasteiger partial charge >= 0.3 is 5.97 Å². The molecule has 0 bridgehead atoms. The number of hydrogen-bond acceptors (Lipinski definition) is 7. The van der Waals surface area contributed by atoms with Crippen molar-refractivity contribution in [2.24, 2.45) is 0 Å². The second-order valence-corrected chi connectivity index (χ2v) is 5.64. The number of ether oxygens (including phenoxy) is 3. The van der Waals surface area contributed by atoms with Crippen molar-refractivity contribution in [3.8, 4) is 17.2 Å². The molecule has 2 rings (SSSR count). The Morgan fingerprint density at radius 1 is 1.12 bits per heavy atom. The van der Waals surface area contributed by atoms with Crippen molar-refractivity contribution in [3.63, 3.8) is 0 Å². The molecule has 1 N–H and O–H groups in total. The minimum absolute atomic E-state index is 0.0521. The molecule has 0 aromatic heterocycles. The van der Waals surface area contributed by atoms with E-state index in [-0.39, 0.29) is 12.7 Å². The molecule has 1 aromatic rings. The highest BCUT2D eigenvalue weighted by molar-refractivity contribution is 6.36. The molecule has 0 aliphatic carbocycles. The van der Waals surface area contributed by atoms with Crippen molar-refractivity contribution in [2.45, 2.75) is 24.8 Å². The molecule has 0 spiro atoms. The van der Waals surface area contributed by atoms with Gasteiger partial charge in [0.25, 0.3) is 0 Å². The number of anilines is 1. The number of piperidine rings is 1.